The van der Waals surface area contributed by atoms with Crippen molar-refractivity contribution in [3.8, 4) is 11.5 Å². The molecule has 0 amide bonds. The summed E-state index contributed by atoms with van der Waals surface area (Å²) in [6.45, 7) is 9.98. The molecule has 4 nitrogen and oxygen atoms in total. The van der Waals surface area contributed by atoms with Gasteiger partial charge in [-0.1, -0.05) is 13.8 Å². The molecule has 1 aromatic rings. The lowest BCUT2D eigenvalue weighted by Gasteiger charge is -2.20. The van der Waals surface area contributed by atoms with E-state index < -0.39 is 0 Å². The molecule has 0 atom stereocenters. The Morgan fingerprint density at radius 3 is 2.50 bits per heavy atom. The third-order valence-electron chi connectivity index (χ3n) is 2.81. The van der Waals surface area contributed by atoms with Gasteiger partial charge in [-0.25, -0.2) is 0 Å². The summed E-state index contributed by atoms with van der Waals surface area (Å²) >= 11 is 0. The Kier molecular flexibility index (Phi) is 7.22. The molecule has 0 aliphatic rings. The van der Waals surface area contributed by atoms with Crippen molar-refractivity contribution in [3.05, 3.63) is 24.3 Å². The van der Waals surface area contributed by atoms with Crippen LogP contribution < -0.4 is 10.1 Å². The molecule has 1 aromatic carbocycles. The van der Waals surface area contributed by atoms with Crippen molar-refractivity contribution < 1.29 is 9.84 Å². The number of ether oxygens (including phenoxy) is 1. The summed E-state index contributed by atoms with van der Waals surface area (Å²) in [7, 11) is 0. The lowest BCUT2D eigenvalue weighted by atomic mass is 10.3. The summed E-state index contributed by atoms with van der Waals surface area (Å²) in [5, 5.41) is 12.5. The second-order valence-corrected chi connectivity index (χ2v) is 4.13. The fraction of sp³-hybridized carbons (Fsp3) is 0.571. The average Bonchev–Trinajstić information content (AvgIpc) is 2.39. The Morgan fingerprint density at radius 2 is 1.89 bits per heavy atom. The summed E-state index contributed by atoms with van der Waals surface area (Å²) < 4.78 is 5.63. The molecule has 0 aliphatic carbocycles. The average molecular weight is 252 g/mol. The second-order valence-electron chi connectivity index (χ2n) is 4.13. The minimum absolute atomic E-state index is 0.267. The van der Waals surface area contributed by atoms with Crippen LogP contribution in [0.15, 0.2) is 24.3 Å². The van der Waals surface area contributed by atoms with Gasteiger partial charge in [0.2, 0.25) is 0 Å². The number of nitrogens with one attached hydrogen (secondary N) is 1. The molecule has 0 aliphatic heterocycles. The first-order valence-electron chi connectivity index (χ1n) is 6.61. The van der Waals surface area contributed by atoms with Gasteiger partial charge in [-0.05, 0) is 37.4 Å². The monoisotopic (exact) mass is 252 g/mol. The first-order chi connectivity index (χ1) is 8.76. The van der Waals surface area contributed by atoms with Crippen LogP contribution in [0, 0.1) is 0 Å². The SMILES string of the molecule is CCNCCN(CC)CCOc1ccc(O)cc1. The Hall–Kier alpha value is -1.26. The van der Waals surface area contributed by atoms with E-state index >= 15 is 0 Å². The molecule has 0 fully saturated rings. The number of benzene rings is 1. The van der Waals surface area contributed by atoms with E-state index in [0.717, 1.165) is 38.5 Å². The Morgan fingerprint density at radius 1 is 1.17 bits per heavy atom. The van der Waals surface area contributed by atoms with Gasteiger partial charge in [0.1, 0.15) is 18.1 Å². The van der Waals surface area contributed by atoms with Crippen LogP contribution in [0.2, 0.25) is 0 Å². The Balaban J connectivity index is 2.20. The minimum Gasteiger partial charge on any atom is -0.508 e. The fourth-order valence-corrected chi connectivity index (χ4v) is 1.68. The van der Waals surface area contributed by atoms with E-state index in [2.05, 4.69) is 24.1 Å². The molecule has 0 spiro atoms. The number of rotatable bonds is 9. The van der Waals surface area contributed by atoms with Crippen LogP contribution in [0.25, 0.3) is 0 Å². The molecular formula is C14H24N2O2. The van der Waals surface area contributed by atoms with Gasteiger partial charge in [-0.15, -0.1) is 0 Å². The van der Waals surface area contributed by atoms with Crippen molar-refractivity contribution in [2.75, 3.05) is 39.3 Å². The van der Waals surface area contributed by atoms with Crippen LogP contribution in [-0.2, 0) is 0 Å². The molecule has 1 rings (SSSR count). The van der Waals surface area contributed by atoms with Crippen LogP contribution in [-0.4, -0.2) is 49.3 Å². The van der Waals surface area contributed by atoms with Crippen LogP contribution in [0.5, 0.6) is 11.5 Å². The fourth-order valence-electron chi connectivity index (χ4n) is 1.68. The Bertz CT molecular complexity index is 314. The van der Waals surface area contributed by atoms with Gasteiger partial charge < -0.3 is 15.2 Å². The zero-order valence-corrected chi connectivity index (χ0v) is 11.4. The van der Waals surface area contributed by atoms with Crippen molar-refractivity contribution >= 4 is 0 Å². The first kappa shape index (κ1) is 14.8. The smallest absolute Gasteiger partial charge is 0.119 e. The zero-order chi connectivity index (χ0) is 13.2. The van der Waals surface area contributed by atoms with Crippen LogP contribution in [0.1, 0.15) is 13.8 Å². The maximum Gasteiger partial charge on any atom is 0.119 e. The molecular weight excluding hydrogens is 228 g/mol. The second kappa shape index (κ2) is 8.78. The van der Waals surface area contributed by atoms with E-state index in [1.165, 1.54) is 0 Å². The standard InChI is InChI=1S/C14H24N2O2/c1-3-15-9-10-16(4-2)11-12-18-14-7-5-13(17)6-8-14/h5-8,15,17H,3-4,9-12H2,1-2H3. The summed E-state index contributed by atoms with van der Waals surface area (Å²) in [6.07, 6.45) is 0. The van der Waals surface area contributed by atoms with Crippen LogP contribution in [0.3, 0.4) is 0 Å². The molecule has 0 radical (unpaired) electrons. The summed E-state index contributed by atoms with van der Waals surface area (Å²) in [5.74, 6) is 1.07. The van der Waals surface area contributed by atoms with Crippen molar-refractivity contribution in [1.29, 1.82) is 0 Å². The molecule has 4 heteroatoms. The number of hydrogen-bond acceptors (Lipinski definition) is 4. The lowest BCUT2D eigenvalue weighted by Crippen LogP contribution is -2.34. The zero-order valence-electron chi connectivity index (χ0n) is 11.4. The highest BCUT2D eigenvalue weighted by molar-refractivity contribution is 5.29. The molecule has 0 aromatic heterocycles. The van der Waals surface area contributed by atoms with E-state index in [0.29, 0.717) is 6.61 Å². The minimum atomic E-state index is 0.267. The van der Waals surface area contributed by atoms with Gasteiger partial charge >= 0.3 is 0 Å². The molecule has 0 unspecified atom stereocenters. The van der Waals surface area contributed by atoms with Crippen LogP contribution in [0.4, 0.5) is 0 Å². The number of hydrogen-bond donors (Lipinski definition) is 2. The van der Waals surface area contributed by atoms with Crippen molar-refractivity contribution in [1.82, 2.24) is 10.2 Å². The van der Waals surface area contributed by atoms with Crippen molar-refractivity contribution in [2.45, 2.75) is 13.8 Å². The van der Waals surface area contributed by atoms with Crippen molar-refractivity contribution in [2.24, 2.45) is 0 Å². The maximum absolute atomic E-state index is 9.16. The largest absolute Gasteiger partial charge is 0.508 e. The summed E-state index contributed by atoms with van der Waals surface area (Å²) in [5.41, 5.74) is 0. The van der Waals surface area contributed by atoms with Gasteiger partial charge in [0.05, 0.1) is 0 Å². The summed E-state index contributed by atoms with van der Waals surface area (Å²) in [6, 6.07) is 6.84. The van der Waals surface area contributed by atoms with E-state index in [-0.39, 0.29) is 5.75 Å². The third-order valence-corrected chi connectivity index (χ3v) is 2.81. The lowest BCUT2D eigenvalue weighted by molar-refractivity contribution is 0.216. The molecule has 18 heavy (non-hydrogen) atoms. The van der Waals surface area contributed by atoms with Crippen LogP contribution >= 0.6 is 0 Å². The normalized spacial score (nSPS) is 10.8. The van der Waals surface area contributed by atoms with Gasteiger partial charge in [0.15, 0.2) is 0 Å². The topological polar surface area (TPSA) is 44.7 Å². The number of aromatic hydroxyl groups is 1. The van der Waals surface area contributed by atoms with E-state index in [9.17, 15) is 0 Å². The van der Waals surface area contributed by atoms with E-state index in [1.54, 1.807) is 24.3 Å². The predicted molar refractivity (Wildman–Crippen MR) is 74.3 cm³/mol. The van der Waals surface area contributed by atoms with Crippen molar-refractivity contribution in [3.63, 3.8) is 0 Å². The van der Waals surface area contributed by atoms with E-state index in [4.69, 9.17) is 9.84 Å². The Labute approximate surface area is 110 Å². The van der Waals surface area contributed by atoms with Gasteiger partial charge in [0, 0.05) is 19.6 Å². The predicted octanol–water partition coefficient (Wildman–Crippen LogP) is 1.70. The van der Waals surface area contributed by atoms with Gasteiger partial charge in [0.25, 0.3) is 0 Å². The van der Waals surface area contributed by atoms with E-state index in [1.807, 2.05) is 0 Å². The van der Waals surface area contributed by atoms with Gasteiger partial charge in [-0.3, -0.25) is 4.90 Å². The molecule has 0 bridgehead atoms. The number of phenols is 1. The number of nitrogens with zero attached hydrogens (tertiary/aromatic N) is 1. The quantitative estimate of drug-likeness (QED) is 0.657. The maximum atomic E-state index is 9.16. The molecule has 0 heterocycles. The molecule has 0 saturated heterocycles. The highest BCUT2D eigenvalue weighted by Crippen LogP contribution is 2.15. The highest BCUT2D eigenvalue weighted by Gasteiger charge is 2.02. The number of likely N-dealkylation sites (N-methyl/N-ethyl adjacent to an activating group) is 2. The number of phenolic OH excluding ortho intramolecular Hbond substituents is 1. The highest BCUT2D eigenvalue weighted by atomic mass is 16.5. The molecule has 2 N–H and O–H groups in total. The summed E-state index contributed by atoms with van der Waals surface area (Å²) in [4.78, 5) is 2.35. The van der Waals surface area contributed by atoms with Gasteiger partial charge in [-0.2, -0.15) is 0 Å². The third kappa shape index (κ3) is 5.89. The molecule has 102 valence electrons. The first-order valence-corrected chi connectivity index (χ1v) is 6.61. The molecule has 0 saturated carbocycles.